The van der Waals surface area contributed by atoms with Crippen molar-refractivity contribution < 1.29 is 37.4 Å². The Morgan fingerprint density at radius 1 is 1.30 bits per heavy atom. The lowest BCUT2D eigenvalue weighted by molar-refractivity contribution is -0.309. The summed E-state index contributed by atoms with van der Waals surface area (Å²) in [5.74, 6) is -3.19. The van der Waals surface area contributed by atoms with Crippen LogP contribution in [-0.2, 0) is 14.3 Å². The van der Waals surface area contributed by atoms with E-state index >= 15 is 0 Å². The van der Waals surface area contributed by atoms with E-state index in [1.54, 1.807) is 18.2 Å². The minimum absolute atomic E-state index is 0.0500. The molecule has 146 valence electrons. The van der Waals surface area contributed by atoms with Crippen LogP contribution in [0.15, 0.2) is 42.1 Å². The molecule has 0 saturated heterocycles. The van der Waals surface area contributed by atoms with Crippen molar-refractivity contribution in [3.05, 3.63) is 47.7 Å². The summed E-state index contributed by atoms with van der Waals surface area (Å²) in [6, 6.07) is 7.70. The van der Waals surface area contributed by atoms with Gasteiger partial charge in [-0.05, 0) is 25.1 Å². The van der Waals surface area contributed by atoms with Gasteiger partial charge in [0.25, 0.3) is 11.8 Å². The molecule has 1 atom stereocenters. The predicted octanol–water partition coefficient (Wildman–Crippen LogP) is 1.35. The summed E-state index contributed by atoms with van der Waals surface area (Å²) in [5, 5.41) is 12.2. The van der Waals surface area contributed by atoms with Crippen molar-refractivity contribution in [2.24, 2.45) is 0 Å². The van der Waals surface area contributed by atoms with E-state index in [1.165, 1.54) is 19.1 Å². The Hall–Kier alpha value is -2.88. The second-order valence-electron chi connectivity index (χ2n) is 5.65. The molecule has 1 aliphatic heterocycles. The van der Waals surface area contributed by atoms with Crippen molar-refractivity contribution in [2.75, 3.05) is 13.2 Å². The van der Waals surface area contributed by atoms with Crippen molar-refractivity contribution in [1.29, 1.82) is 0 Å². The second kappa shape index (κ2) is 7.78. The van der Waals surface area contributed by atoms with E-state index in [1.807, 2.05) is 0 Å². The van der Waals surface area contributed by atoms with Gasteiger partial charge < -0.3 is 15.2 Å². The molecule has 2 rings (SSSR count). The van der Waals surface area contributed by atoms with E-state index in [4.69, 9.17) is 0 Å². The SMILES string of the molecule is CCOC(=O)CN1C(=O)C(NC(=O)c2ccccc2)=CCC1(O)C(F)(F)F. The van der Waals surface area contributed by atoms with Gasteiger partial charge in [0, 0.05) is 12.0 Å². The van der Waals surface area contributed by atoms with Crippen LogP contribution in [0.5, 0.6) is 0 Å². The number of nitrogens with one attached hydrogen (secondary N) is 1. The van der Waals surface area contributed by atoms with Gasteiger partial charge in [-0.1, -0.05) is 18.2 Å². The molecule has 2 amide bonds. The van der Waals surface area contributed by atoms with E-state index in [0.29, 0.717) is 0 Å². The Labute approximate surface area is 152 Å². The van der Waals surface area contributed by atoms with Gasteiger partial charge in [-0.2, -0.15) is 13.2 Å². The Kier molecular flexibility index (Phi) is 5.89. The molecule has 1 aromatic rings. The van der Waals surface area contributed by atoms with Gasteiger partial charge in [0.05, 0.1) is 6.61 Å². The summed E-state index contributed by atoms with van der Waals surface area (Å²) in [6.45, 7) is 0.206. The molecular weight excluding hydrogens is 369 g/mol. The highest BCUT2D eigenvalue weighted by atomic mass is 19.4. The zero-order valence-electron chi connectivity index (χ0n) is 14.2. The number of alkyl halides is 3. The molecule has 0 spiro atoms. The number of amides is 2. The van der Waals surface area contributed by atoms with Gasteiger partial charge >= 0.3 is 12.1 Å². The van der Waals surface area contributed by atoms with Crippen molar-refractivity contribution in [3.63, 3.8) is 0 Å². The number of nitrogens with zero attached hydrogens (tertiary/aromatic N) is 1. The number of halogens is 3. The molecule has 10 heteroatoms. The zero-order chi connectivity index (χ0) is 20.2. The van der Waals surface area contributed by atoms with Crippen LogP contribution in [0.3, 0.4) is 0 Å². The second-order valence-corrected chi connectivity index (χ2v) is 5.65. The third kappa shape index (κ3) is 4.27. The lowest BCUT2D eigenvalue weighted by atomic mass is 10.00. The Morgan fingerprint density at radius 2 is 1.93 bits per heavy atom. The number of benzene rings is 1. The Bertz CT molecular complexity index is 764. The van der Waals surface area contributed by atoms with Crippen molar-refractivity contribution >= 4 is 17.8 Å². The third-order valence-electron chi connectivity index (χ3n) is 3.84. The van der Waals surface area contributed by atoms with Crippen LogP contribution in [-0.4, -0.2) is 52.8 Å². The fourth-order valence-electron chi connectivity index (χ4n) is 2.45. The highest BCUT2D eigenvalue weighted by molar-refractivity contribution is 6.04. The fourth-order valence-corrected chi connectivity index (χ4v) is 2.45. The number of hydrogen-bond acceptors (Lipinski definition) is 5. The molecular formula is C17H17F3N2O5. The first kappa shape index (κ1) is 20.4. The summed E-state index contributed by atoms with van der Waals surface area (Å²) < 4.78 is 44.5. The van der Waals surface area contributed by atoms with Crippen molar-refractivity contribution in [1.82, 2.24) is 10.2 Å². The van der Waals surface area contributed by atoms with E-state index in [0.717, 1.165) is 6.08 Å². The minimum Gasteiger partial charge on any atom is -0.465 e. The molecule has 1 aromatic carbocycles. The summed E-state index contributed by atoms with van der Waals surface area (Å²) in [4.78, 5) is 36.2. The highest BCUT2D eigenvalue weighted by Gasteiger charge is 2.61. The number of carbonyl (C=O) groups excluding carboxylic acids is 3. The molecule has 1 aliphatic rings. The fraction of sp³-hybridized carbons (Fsp3) is 0.353. The van der Waals surface area contributed by atoms with E-state index in [9.17, 15) is 32.7 Å². The maximum absolute atomic E-state index is 13.3. The van der Waals surface area contributed by atoms with Crippen LogP contribution in [0, 0.1) is 0 Å². The molecule has 7 nitrogen and oxygen atoms in total. The van der Waals surface area contributed by atoms with Gasteiger partial charge in [-0.15, -0.1) is 0 Å². The molecule has 0 fully saturated rings. The van der Waals surface area contributed by atoms with E-state index in [-0.39, 0.29) is 17.1 Å². The first-order valence-corrected chi connectivity index (χ1v) is 7.93. The van der Waals surface area contributed by atoms with Crippen LogP contribution < -0.4 is 5.32 Å². The van der Waals surface area contributed by atoms with Gasteiger partial charge in [-0.25, -0.2) is 0 Å². The van der Waals surface area contributed by atoms with Crippen LogP contribution in [0.1, 0.15) is 23.7 Å². The molecule has 0 saturated carbocycles. The van der Waals surface area contributed by atoms with Crippen LogP contribution in [0.4, 0.5) is 13.2 Å². The van der Waals surface area contributed by atoms with Gasteiger partial charge in [-0.3, -0.25) is 19.3 Å². The standard InChI is InChI=1S/C17H17F3N2O5/c1-2-27-13(23)10-22-15(25)12(8-9-16(22,26)17(18,19)20)21-14(24)11-6-4-3-5-7-11/h3-8,26H,2,9-10H2,1H3,(H,21,24). The minimum atomic E-state index is -5.22. The summed E-state index contributed by atoms with van der Waals surface area (Å²) in [5.41, 5.74) is -3.88. The van der Waals surface area contributed by atoms with E-state index in [2.05, 4.69) is 10.1 Å². The topological polar surface area (TPSA) is 95.9 Å². The summed E-state index contributed by atoms with van der Waals surface area (Å²) in [6.07, 6.45) is -5.50. The van der Waals surface area contributed by atoms with Crippen molar-refractivity contribution in [2.45, 2.75) is 25.2 Å². The number of aliphatic hydroxyl groups is 1. The van der Waals surface area contributed by atoms with E-state index < -0.39 is 48.3 Å². The zero-order valence-corrected chi connectivity index (χ0v) is 14.2. The number of carbonyl (C=O) groups is 3. The number of ether oxygens (including phenoxy) is 1. The third-order valence-corrected chi connectivity index (χ3v) is 3.84. The van der Waals surface area contributed by atoms with Crippen molar-refractivity contribution in [3.8, 4) is 0 Å². The lowest BCUT2D eigenvalue weighted by Crippen LogP contribution is -2.64. The maximum atomic E-state index is 13.3. The number of rotatable bonds is 5. The average molecular weight is 386 g/mol. The van der Waals surface area contributed by atoms with Crippen LogP contribution in [0.2, 0.25) is 0 Å². The predicted molar refractivity (Wildman–Crippen MR) is 86.0 cm³/mol. The molecule has 1 unspecified atom stereocenters. The Morgan fingerprint density at radius 3 is 2.48 bits per heavy atom. The molecule has 0 radical (unpaired) electrons. The Balaban J connectivity index is 2.30. The normalized spacial score (nSPS) is 20.1. The molecule has 1 heterocycles. The maximum Gasteiger partial charge on any atom is 0.437 e. The first-order chi connectivity index (χ1) is 12.6. The smallest absolute Gasteiger partial charge is 0.437 e. The first-order valence-electron chi connectivity index (χ1n) is 7.93. The highest BCUT2D eigenvalue weighted by Crippen LogP contribution is 2.39. The lowest BCUT2D eigenvalue weighted by Gasteiger charge is -2.42. The largest absolute Gasteiger partial charge is 0.465 e. The average Bonchev–Trinajstić information content (AvgIpc) is 2.61. The molecule has 0 aromatic heterocycles. The van der Waals surface area contributed by atoms with Crippen LogP contribution >= 0.6 is 0 Å². The van der Waals surface area contributed by atoms with Crippen LogP contribution in [0.25, 0.3) is 0 Å². The monoisotopic (exact) mass is 386 g/mol. The number of hydrogen-bond donors (Lipinski definition) is 2. The summed E-state index contributed by atoms with van der Waals surface area (Å²) >= 11 is 0. The molecule has 2 N–H and O–H groups in total. The van der Waals surface area contributed by atoms with Gasteiger partial charge in [0.1, 0.15) is 12.2 Å². The molecule has 27 heavy (non-hydrogen) atoms. The molecule has 0 aliphatic carbocycles. The number of esters is 1. The van der Waals surface area contributed by atoms with Gasteiger partial charge in [0.15, 0.2) is 0 Å². The van der Waals surface area contributed by atoms with Gasteiger partial charge in [0.2, 0.25) is 5.72 Å². The molecule has 0 bridgehead atoms. The quantitative estimate of drug-likeness (QED) is 0.745. The summed E-state index contributed by atoms with van der Waals surface area (Å²) in [7, 11) is 0.